The molecule has 1 aliphatic rings. The molecule has 0 aromatic heterocycles. The number of hydrogen-bond donors (Lipinski definition) is 3. The van der Waals surface area contributed by atoms with Crippen LogP contribution in [0.2, 0.25) is 0 Å². The molecule has 11 nitrogen and oxygen atoms in total. The van der Waals surface area contributed by atoms with Gasteiger partial charge in [-0.2, -0.15) is 12.7 Å². The van der Waals surface area contributed by atoms with Gasteiger partial charge in [0.25, 0.3) is 11.8 Å². The van der Waals surface area contributed by atoms with E-state index in [-0.39, 0.29) is 40.5 Å². The zero-order valence-corrected chi connectivity index (χ0v) is 13.7. The molecule has 13 heteroatoms. The van der Waals surface area contributed by atoms with Crippen molar-refractivity contribution in [3.8, 4) is 0 Å². The fourth-order valence-corrected chi connectivity index (χ4v) is 3.02. The molecule has 2 atom stereocenters. The Morgan fingerprint density at radius 3 is 2.42 bits per heavy atom. The number of amides is 3. The third-order valence-corrected chi connectivity index (χ3v) is 4.16. The summed E-state index contributed by atoms with van der Waals surface area (Å²) in [6.07, 6.45) is -1.03. The van der Waals surface area contributed by atoms with Gasteiger partial charge in [-0.15, -0.1) is 0 Å². The van der Waals surface area contributed by atoms with Crippen LogP contribution in [-0.4, -0.2) is 83.9 Å². The van der Waals surface area contributed by atoms with Gasteiger partial charge in [-0.25, -0.2) is 10.3 Å². The molecular weight excluding hydrogens is 381 g/mol. The molecule has 0 radical (unpaired) electrons. The van der Waals surface area contributed by atoms with Crippen LogP contribution >= 0.6 is 0 Å². The Kier molecular flexibility index (Phi) is 7.99. The predicted octanol–water partition coefficient (Wildman–Crippen LogP) is -1.68. The molecule has 2 rings (SSSR count). The van der Waals surface area contributed by atoms with Crippen molar-refractivity contribution >= 4 is 57.8 Å². The summed E-state index contributed by atoms with van der Waals surface area (Å²) in [4.78, 5) is 39.8. The zero-order valence-electron chi connectivity index (χ0n) is 12.9. The second-order valence-corrected chi connectivity index (χ2v) is 6.20. The molecule has 2 unspecified atom stereocenters. The summed E-state index contributed by atoms with van der Waals surface area (Å²) in [6.45, 7) is -0.0927. The first-order valence-corrected chi connectivity index (χ1v) is 8.26. The van der Waals surface area contributed by atoms with Crippen molar-refractivity contribution in [1.82, 2.24) is 15.1 Å². The number of benzene rings is 1. The van der Waals surface area contributed by atoms with E-state index in [0.29, 0.717) is 5.56 Å². The molecule has 1 aromatic rings. The van der Waals surface area contributed by atoms with Crippen LogP contribution in [0.1, 0.15) is 5.56 Å². The van der Waals surface area contributed by atoms with Crippen LogP contribution in [0.5, 0.6) is 0 Å². The topological polar surface area (TPSA) is 151 Å². The summed E-state index contributed by atoms with van der Waals surface area (Å²) in [5.74, 6) is -2.23. The maximum atomic E-state index is 11.8. The summed E-state index contributed by atoms with van der Waals surface area (Å²) in [5.41, 5.74) is 2.52. The Hall–Kier alpha value is -1.70. The van der Waals surface area contributed by atoms with Crippen LogP contribution in [-0.2, 0) is 36.1 Å². The van der Waals surface area contributed by atoms with E-state index in [0.717, 1.165) is 7.11 Å². The van der Waals surface area contributed by atoms with E-state index in [1.807, 2.05) is 5.48 Å². The van der Waals surface area contributed by atoms with Crippen LogP contribution in [0.4, 0.5) is 4.79 Å². The molecule has 0 bridgehead atoms. The first-order valence-electron chi connectivity index (χ1n) is 6.86. The Balaban J connectivity index is 0.00000338. The van der Waals surface area contributed by atoms with Gasteiger partial charge in [-0.05, 0) is 5.56 Å². The summed E-state index contributed by atoms with van der Waals surface area (Å²) in [6, 6.07) is 5.43. The van der Waals surface area contributed by atoms with Crippen LogP contribution < -0.4 is 10.8 Å². The van der Waals surface area contributed by atoms with E-state index in [2.05, 4.69) is 10.2 Å². The van der Waals surface area contributed by atoms with Crippen LogP contribution in [0.3, 0.4) is 0 Å². The van der Waals surface area contributed by atoms with Crippen molar-refractivity contribution in [1.29, 1.82) is 0 Å². The average molecular weight is 397 g/mol. The minimum atomic E-state index is -4.98. The number of carbonyl (C=O) groups is 3. The summed E-state index contributed by atoms with van der Waals surface area (Å²) in [5, 5.41) is 2.08. The maximum absolute atomic E-state index is 11.8. The second-order valence-electron chi connectivity index (χ2n) is 4.91. The van der Waals surface area contributed by atoms with Gasteiger partial charge in [-0.1, -0.05) is 30.3 Å². The van der Waals surface area contributed by atoms with E-state index in [1.165, 1.54) is 0 Å². The number of rotatable bonds is 6. The number of carbonyl (C=O) groups excluding carboxylic acids is 3. The van der Waals surface area contributed by atoms with Gasteiger partial charge in [-0.3, -0.25) is 19.0 Å². The van der Waals surface area contributed by atoms with Gasteiger partial charge in [0.1, 0.15) is 12.6 Å². The van der Waals surface area contributed by atoms with E-state index in [1.54, 1.807) is 30.3 Å². The zero-order chi connectivity index (χ0) is 18.6. The molecule has 0 aliphatic carbocycles. The number of alkyl carbamates (subject to hydrolysis) is 1. The Morgan fingerprint density at radius 2 is 1.88 bits per heavy atom. The molecule has 3 amide bonds. The van der Waals surface area contributed by atoms with Crippen LogP contribution in [0.25, 0.3) is 0 Å². The molecular formula is C13H16N3NaO8S. The number of hydrogen-bond acceptors (Lipinski definition) is 7. The van der Waals surface area contributed by atoms with Gasteiger partial charge < -0.3 is 10.1 Å². The van der Waals surface area contributed by atoms with Gasteiger partial charge in [0.2, 0.25) is 0 Å². The molecule has 26 heavy (non-hydrogen) atoms. The standard InChI is InChI=1S/C13H15N3O8S.Na.H/c1-23-15-11(17)10-9(12(18)16(10)25(20,21)22)14-13(19)24-7-8-5-3-2-4-6-8;;/h2-6,9-10H,7H2,1H3,(H,14,19)(H,15,17)(H,20,21,22);;. The van der Waals surface area contributed by atoms with E-state index < -0.39 is 40.3 Å². The Bertz CT molecular complexity index is 773. The second kappa shape index (κ2) is 9.30. The van der Waals surface area contributed by atoms with Crippen molar-refractivity contribution in [3.05, 3.63) is 35.9 Å². The molecule has 1 heterocycles. The predicted molar refractivity (Wildman–Crippen MR) is 88.0 cm³/mol. The van der Waals surface area contributed by atoms with E-state index in [9.17, 15) is 22.8 Å². The van der Waals surface area contributed by atoms with Crippen molar-refractivity contribution < 1.29 is 36.9 Å². The van der Waals surface area contributed by atoms with Gasteiger partial charge in [0, 0.05) is 0 Å². The fourth-order valence-electron chi connectivity index (χ4n) is 2.17. The van der Waals surface area contributed by atoms with E-state index >= 15 is 0 Å². The molecule has 1 aliphatic heterocycles. The van der Waals surface area contributed by atoms with Crippen molar-refractivity contribution in [2.24, 2.45) is 0 Å². The molecule has 1 saturated heterocycles. The normalized spacial score (nSPS) is 19.0. The van der Waals surface area contributed by atoms with Crippen LogP contribution in [0, 0.1) is 0 Å². The first-order chi connectivity index (χ1) is 11.8. The molecule has 0 saturated carbocycles. The molecule has 1 fully saturated rings. The number of nitrogens with one attached hydrogen (secondary N) is 2. The molecule has 0 spiro atoms. The third-order valence-electron chi connectivity index (χ3n) is 3.26. The summed E-state index contributed by atoms with van der Waals surface area (Å²) >= 11 is 0. The minimum absolute atomic E-state index is 0. The Morgan fingerprint density at radius 1 is 1.27 bits per heavy atom. The average Bonchev–Trinajstić information content (AvgIpc) is 2.55. The van der Waals surface area contributed by atoms with Crippen molar-refractivity contribution in [2.45, 2.75) is 18.7 Å². The molecule has 1 aromatic carbocycles. The van der Waals surface area contributed by atoms with Gasteiger partial charge >= 0.3 is 46.0 Å². The SMILES string of the molecule is CONC(=O)C1C(NC(=O)OCc2ccccc2)C(=O)N1S(=O)(=O)O.[NaH]. The molecule has 3 N–H and O–H groups in total. The van der Waals surface area contributed by atoms with Gasteiger partial charge in [0.15, 0.2) is 6.04 Å². The summed E-state index contributed by atoms with van der Waals surface area (Å²) in [7, 11) is -3.89. The number of hydroxylamine groups is 1. The Labute approximate surface area is 171 Å². The van der Waals surface area contributed by atoms with Crippen LogP contribution in [0.15, 0.2) is 30.3 Å². The van der Waals surface area contributed by atoms with E-state index in [4.69, 9.17) is 9.29 Å². The number of ether oxygens (including phenoxy) is 1. The third kappa shape index (κ3) is 5.16. The quantitative estimate of drug-likeness (QED) is 0.223. The van der Waals surface area contributed by atoms with Crippen molar-refractivity contribution in [3.63, 3.8) is 0 Å². The molecule has 138 valence electrons. The monoisotopic (exact) mass is 397 g/mol. The first kappa shape index (κ1) is 22.3. The fraction of sp³-hybridized carbons (Fsp3) is 0.308. The summed E-state index contributed by atoms with van der Waals surface area (Å²) < 4.78 is 36.2. The van der Waals surface area contributed by atoms with Crippen molar-refractivity contribution in [2.75, 3.05) is 7.11 Å². The van der Waals surface area contributed by atoms with Gasteiger partial charge in [0.05, 0.1) is 7.11 Å². The number of nitrogens with zero attached hydrogens (tertiary/aromatic N) is 1. The number of β-lactam (4-membered cyclic amide) rings is 1.